The third kappa shape index (κ3) is 5.93. The van der Waals surface area contributed by atoms with E-state index in [-0.39, 0.29) is 0 Å². The highest BCUT2D eigenvalue weighted by Gasteiger charge is 2.43. The van der Waals surface area contributed by atoms with Crippen molar-refractivity contribution in [3.63, 3.8) is 0 Å². The van der Waals surface area contributed by atoms with Gasteiger partial charge in [-0.3, -0.25) is 0 Å². The van der Waals surface area contributed by atoms with Crippen LogP contribution in [-0.4, -0.2) is 17.2 Å². The van der Waals surface area contributed by atoms with Gasteiger partial charge in [-0.1, -0.05) is 200 Å². The maximum Gasteiger partial charge on any atom is 0.180 e. The van der Waals surface area contributed by atoms with E-state index >= 15 is 0 Å². The Labute approximate surface area is 368 Å². The average molecular weight is 819 g/mol. The highest BCUT2D eigenvalue weighted by molar-refractivity contribution is 7.20. The third-order valence-corrected chi connectivity index (χ3v) is 17.9. The molecule has 2 nitrogen and oxygen atoms in total. The molecule has 0 N–H and O–H groups in total. The Morgan fingerprint density at radius 3 is 1.30 bits per heavy atom. The Morgan fingerprint density at radius 1 is 0.254 bits per heavy atom. The van der Waals surface area contributed by atoms with E-state index in [0.29, 0.717) is 0 Å². The summed E-state index contributed by atoms with van der Waals surface area (Å²) in [6.07, 6.45) is 0. The van der Waals surface area contributed by atoms with Gasteiger partial charge in [0.2, 0.25) is 0 Å². The van der Waals surface area contributed by atoms with Crippen LogP contribution in [0.2, 0.25) is 0 Å². The Bertz CT molecular complexity index is 3480. The van der Waals surface area contributed by atoms with Gasteiger partial charge in [0.1, 0.15) is 0 Å². The highest BCUT2D eigenvalue weighted by atomic mass is 28.3. The molecule has 0 bridgehead atoms. The number of hydrogen-bond acceptors (Lipinski definition) is 0. The summed E-state index contributed by atoms with van der Waals surface area (Å²) in [6.45, 7) is 0. The van der Waals surface area contributed by atoms with Crippen LogP contribution in [-0.2, 0) is 0 Å². The highest BCUT2D eigenvalue weighted by Crippen LogP contribution is 2.39. The second-order valence-electron chi connectivity index (χ2n) is 16.4. The quantitative estimate of drug-likeness (QED) is 0.107. The Balaban J connectivity index is 1.19. The van der Waals surface area contributed by atoms with E-state index in [0.717, 1.165) is 11.4 Å². The molecule has 0 amide bonds. The van der Waals surface area contributed by atoms with Crippen molar-refractivity contribution in [3.05, 3.63) is 255 Å². The maximum absolute atomic E-state index is 2.95. The van der Waals surface area contributed by atoms with Crippen LogP contribution in [0.5, 0.6) is 0 Å². The molecular weight excluding hydrogens is 777 g/mol. The molecule has 0 aliphatic rings. The second-order valence-corrected chi connectivity index (χ2v) is 20.2. The summed E-state index contributed by atoms with van der Waals surface area (Å²) in [4.78, 5) is 0. The predicted molar refractivity (Wildman–Crippen MR) is 270 cm³/mol. The molecule has 296 valence electrons. The number of hydrogen-bond donors (Lipinski definition) is 0. The Kier molecular flexibility index (Phi) is 8.87. The lowest BCUT2D eigenvalue weighted by Gasteiger charge is -2.35. The van der Waals surface area contributed by atoms with Crippen LogP contribution in [0.4, 0.5) is 0 Å². The molecule has 0 saturated heterocycles. The van der Waals surface area contributed by atoms with E-state index in [1.807, 2.05) is 0 Å². The van der Waals surface area contributed by atoms with Crippen molar-refractivity contribution < 1.29 is 0 Å². The van der Waals surface area contributed by atoms with Crippen molar-refractivity contribution in [2.45, 2.75) is 0 Å². The zero-order chi connectivity index (χ0) is 41.7. The fourth-order valence-corrected chi connectivity index (χ4v) is 15.3. The standard InChI is InChI=1S/C60H42N2Si/c1-6-19-43(20-7-1)45-33-36-47(37-34-45)61-57-40-38-48(62-55-30-17-16-29-52(55)53-41-46(35-39-56(53)62)44-21-8-2-9-22-44)42-54(57)60-58(61)31-18-32-59(60)63(49-23-10-3-11-24-49,50-25-12-4-13-26-50)51-27-14-5-15-28-51/h1-42H. The zero-order valence-electron chi connectivity index (χ0n) is 34.6. The van der Waals surface area contributed by atoms with Gasteiger partial charge in [-0.05, 0) is 97.6 Å². The van der Waals surface area contributed by atoms with Gasteiger partial charge in [-0.2, -0.15) is 0 Å². The largest absolute Gasteiger partial charge is 0.309 e. The molecule has 0 aliphatic carbocycles. The number of rotatable bonds is 8. The summed E-state index contributed by atoms with van der Waals surface area (Å²) >= 11 is 0. The van der Waals surface area contributed by atoms with Crippen LogP contribution in [0.15, 0.2) is 255 Å². The first kappa shape index (κ1) is 36.8. The first-order valence-electron chi connectivity index (χ1n) is 21.8. The van der Waals surface area contributed by atoms with Gasteiger partial charge in [0.15, 0.2) is 8.07 Å². The van der Waals surface area contributed by atoms with Crippen LogP contribution >= 0.6 is 0 Å². The topological polar surface area (TPSA) is 9.86 Å². The second kappa shape index (κ2) is 15.2. The fourth-order valence-electron chi connectivity index (χ4n) is 10.3. The molecule has 0 saturated carbocycles. The minimum Gasteiger partial charge on any atom is -0.309 e. The fraction of sp³-hybridized carbons (Fsp3) is 0. The summed E-state index contributed by atoms with van der Waals surface area (Å²) in [5.41, 5.74) is 11.9. The minimum absolute atomic E-state index is 1.14. The Hall–Kier alpha value is -7.98. The van der Waals surface area contributed by atoms with Crippen molar-refractivity contribution in [1.29, 1.82) is 0 Å². The van der Waals surface area contributed by atoms with Crippen LogP contribution in [0.1, 0.15) is 0 Å². The maximum atomic E-state index is 2.49. The van der Waals surface area contributed by atoms with Crippen molar-refractivity contribution >= 4 is 72.4 Å². The van der Waals surface area contributed by atoms with Crippen LogP contribution < -0.4 is 20.7 Å². The predicted octanol–water partition coefficient (Wildman–Crippen LogP) is 12.6. The smallest absolute Gasteiger partial charge is 0.180 e. The zero-order valence-corrected chi connectivity index (χ0v) is 35.6. The van der Waals surface area contributed by atoms with Gasteiger partial charge in [0.25, 0.3) is 0 Å². The molecule has 0 fully saturated rings. The number of nitrogens with zero attached hydrogens (tertiary/aromatic N) is 2. The molecule has 0 spiro atoms. The number of fused-ring (bicyclic) bond motifs is 6. The van der Waals surface area contributed by atoms with Crippen molar-refractivity contribution in [2.24, 2.45) is 0 Å². The molecule has 3 heteroatoms. The summed E-state index contributed by atoms with van der Waals surface area (Å²) < 4.78 is 4.96. The summed E-state index contributed by atoms with van der Waals surface area (Å²) in [5.74, 6) is 0. The normalized spacial score (nSPS) is 11.8. The van der Waals surface area contributed by atoms with Crippen LogP contribution in [0.3, 0.4) is 0 Å². The lowest BCUT2D eigenvalue weighted by Crippen LogP contribution is -2.74. The number of benzene rings is 10. The molecule has 12 aromatic rings. The molecule has 2 heterocycles. The first-order chi connectivity index (χ1) is 31.3. The molecule has 63 heavy (non-hydrogen) atoms. The number of aromatic nitrogens is 2. The van der Waals surface area contributed by atoms with E-state index in [1.54, 1.807) is 0 Å². The van der Waals surface area contributed by atoms with Crippen LogP contribution in [0, 0.1) is 0 Å². The molecule has 2 aromatic heterocycles. The van der Waals surface area contributed by atoms with Gasteiger partial charge in [0, 0.05) is 32.9 Å². The van der Waals surface area contributed by atoms with E-state index < -0.39 is 8.07 Å². The SMILES string of the molecule is c1ccc(-c2ccc(-n3c4ccc(-n5c6ccccc6c6cc(-c7ccccc7)ccc65)cc4c4c([Si](c5ccccc5)(c5ccccc5)c5ccccc5)cccc43)cc2)cc1. The molecule has 0 radical (unpaired) electrons. The van der Waals surface area contributed by atoms with Crippen molar-refractivity contribution in [1.82, 2.24) is 9.13 Å². The summed E-state index contributed by atoms with van der Waals surface area (Å²) in [5, 5.41) is 10.5. The van der Waals surface area contributed by atoms with E-state index in [9.17, 15) is 0 Å². The van der Waals surface area contributed by atoms with Gasteiger partial charge in [-0.15, -0.1) is 0 Å². The first-order valence-corrected chi connectivity index (χ1v) is 23.8. The number of para-hydroxylation sites is 1. The van der Waals surface area contributed by atoms with E-state index in [1.165, 1.54) is 86.6 Å². The van der Waals surface area contributed by atoms with Gasteiger partial charge < -0.3 is 9.13 Å². The van der Waals surface area contributed by atoms with E-state index in [2.05, 4.69) is 264 Å². The minimum atomic E-state index is -2.95. The van der Waals surface area contributed by atoms with Gasteiger partial charge in [0.05, 0.1) is 22.1 Å². The molecule has 0 aliphatic heterocycles. The Morgan fingerprint density at radius 2 is 0.683 bits per heavy atom. The molecule has 0 unspecified atom stereocenters. The molecule has 12 rings (SSSR count). The van der Waals surface area contributed by atoms with Gasteiger partial charge in [-0.25, -0.2) is 0 Å². The monoisotopic (exact) mass is 818 g/mol. The van der Waals surface area contributed by atoms with Gasteiger partial charge >= 0.3 is 0 Å². The molecule has 0 atom stereocenters. The average Bonchev–Trinajstić information content (AvgIpc) is 3.88. The molecule has 10 aromatic carbocycles. The van der Waals surface area contributed by atoms with Crippen molar-refractivity contribution in [3.8, 4) is 33.6 Å². The lowest BCUT2D eigenvalue weighted by atomic mass is 10.0. The third-order valence-electron chi connectivity index (χ3n) is 13.1. The van der Waals surface area contributed by atoms with Crippen molar-refractivity contribution in [2.75, 3.05) is 0 Å². The van der Waals surface area contributed by atoms with E-state index in [4.69, 9.17) is 0 Å². The lowest BCUT2D eigenvalue weighted by molar-refractivity contribution is 1.17. The molecular formula is C60H42N2Si. The summed E-state index contributed by atoms with van der Waals surface area (Å²) in [6, 6.07) is 94.3. The van der Waals surface area contributed by atoms with Crippen LogP contribution in [0.25, 0.3) is 77.2 Å². The summed E-state index contributed by atoms with van der Waals surface area (Å²) in [7, 11) is -2.95.